The van der Waals surface area contributed by atoms with Gasteiger partial charge in [0, 0.05) is 10.7 Å². The number of ether oxygens (including phenoxy) is 1. The smallest absolute Gasteiger partial charge is 0.239 e. The highest BCUT2D eigenvalue weighted by molar-refractivity contribution is 6.31. The first kappa shape index (κ1) is 19.3. The summed E-state index contributed by atoms with van der Waals surface area (Å²) in [5.41, 5.74) is -0.00571. The van der Waals surface area contributed by atoms with Crippen LogP contribution in [0.2, 0.25) is 5.02 Å². The van der Waals surface area contributed by atoms with E-state index in [1.807, 2.05) is 6.07 Å². The average molecular weight is 372 g/mol. The molecule has 26 heavy (non-hydrogen) atoms. The number of nitriles is 1. The topological polar surface area (TPSA) is 91.2 Å². The number of halogens is 1. The molecule has 0 aliphatic rings. The highest BCUT2D eigenvalue weighted by atomic mass is 35.5. The Morgan fingerprint density at radius 1 is 1.08 bits per heavy atom. The van der Waals surface area contributed by atoms with Gasteiger partial charge in [0.25, 0.3) is 0 Å². The summed E-state index contributed by atoms with van der Waals surface area (Å²) >= 11 is 5.96. The van der Waals surface area contributed by atoms with Crippen molar-refractivity contribution >= 4 is 34.8 Å². The second kappa shape index (κ2) is 7.89. The van der Waals surface area contributed by atoms with Gasteiger partial charge < -0.3 is 15.4 Å². The summed E-state index contributed by atoms with van der Waals surface area (Å²) in [4.78, 5) is 25.2. The van der Waals surface area contributed by atoms with Crippen molar-refractivity contribution in [2.75, 3.05) is 17.7 Å². The van der Waals surface area contributed by atoms with Crippen molar-refractivity contribution in [2.45, 2.75) is 13.8 Å². The number of hydrogen-bond acceptors (Lipinski definition) is 4. The molecule has 0 spiro atoms. The van der Waals surface area contributed by atoms with Crippen LogP contribution in [0.15, 0.2) is 42.5 Å². The first-order chi connectivity index (χ1) is 12.3. The maximum Gasteiger partial charge on any atom is 0.239 e. The van der Waals surface area contributed by atoms with Gasteiger partial charge in [0.1, 0.15) is 11.2 Å². The van der Waals surface area contributed by atoms with Crippen LogP contribution in [0, 0.1) is 16.7 Å². The quantitative estimate of drug-likeness (QED) is 0.781. The van der Waals surface area contributed by atoms with Gasteiger partial charge >= 0.3 is 0 Å². The Labute approximate surface area is 156 Å². The second-order valence-electron chi connectivity index (χ2n) is 6.07. The molecular weight excluding hydrogens is 354 g/mol. The zero-order valence-electron chi connectivity index (χ0n) is 14.6. The Morgan fingerprint density at radius 2 is 1.69 bits per heavy atom. The molecule has 0 aliphatic heterocycles. The normalized spacial score (nSPS) is 10.6. The number of carbonyl (C=O) groups is 2. The largest absolute Gasteiger partial charge is 0.495 e. The highest BCUT2D eigenvalue weighted by Gasteiger charge is 2.36. The molecule has 2 N–H and O–H groups in total. The molecule has 0 aliphatic carbocycles. The minimum atomic E-state index is -1.36. The van der Waals surface area contributed by atoms with Crippen molar-refractivity contribution in [1.82, 2.24) is 0 Å². The number of nitrogens with one attached hydrogen (secondary N) is 2. The van der Waals surface area contributed by atoms with Crippen LogP contribution in [0.3, 0.4) is 0 Å². The molecule has 0 unspecified atom stereocenters. The standard InChI is InChI=1S/C19H18ClN3O3/c1-19(2,17(24)22-14-7-4-12(11-21)5-8-14)18(25)23-15-10-13(20)6-9-16(15)26-3/h4-10H,1-3H3,(H,22,24)(H,23,25). The van der Waals surface area contributed by atoms with Crippen LogP contribution in [0.25, 0.3) is 0 Å². The van der Waals surface area contributed by atoms with E-state index in [1.54, 1.807) is 42.5 Å². The van der Waals surface area contributed by atoms with Crippen LogP contribution in [-0.4, -0.2) is 18.9 Å². The van der Waals surface area contributed by atoms with E-state index in [-0.39, 0.29) is 0 Å². The summed E-state index contributed by atoms with van der Waals surface area (Å²) in [6.07, 6.45) is 0. The maximum atomic E-state index is 12.6. The number of rotatable bonds is 5. The summed E-state index contributed by atoms with van der Waals surface area (Å²) in [5.74, 6) is -0.559. The van der Waals surface area contributed by atoms with Gasteiger partial charge in [0.2, 0.25) is 11.8 Å². The molecule has 0 fully saturated rings. The molecule has 7 heteroatoms. The zero-order chi connectivity index (χ0) is 19.3. The average Bonchev–Trinajstić information content (AvgIpc) is 2.62. The highest BCUT2D eigenvalue weighted by Crippen LogP contribution is 2.30. The molecule has 2 rings (SSSR count). The molecule has 2 amide bonds. The fourth-order valence-electron chi connectivity index (χ4n) is 2.08. The lowest BCUT2D eigenvalue weighted by molar-refractivity contribution is -0.135. The van der Waals surface area contributed by atoms with E-state index in [0.29, 0.717) is 27.7 Å². The molecule has 2 aromatic rings. The number of amides is 2. The number of carbonyl (C=O) groups excluding carboxylic acids is 2. The lowest BCUT2D eigenvalue weighted by Gasteiger charge is -2.23. The van der Waals surface area contributed by atoms with Crippen molar-refractivity contribution in [3.8, 4) is 11.8 Å². The lowest BCUT2D eigenvalue weighted by atomic mass is 9.90. The fraction of sp³-hybridized carbons (Fsp3) is 0.211. The van der Waals surface area contributed by atoms with E-state index >= 15 is 0 Å². The Morgan fingerprint density at radius 3 is 2.27 bits per heavy atom. The monoisotopic (exact) mass is 371 g/mol. The Kier molecular flexibility index (Phi) is 5.86. The predicted molar refractivity (Wildman–Crippen MR) is 100 cm³/mol. The van der Waals surface area contributed by atoms with Gasteiger partial charge in [-0.2, -0.15) is 5.26 Å². The number of hydrogen-bond donors (Lipinski definition) is 2. The van der Waals surface area contributed by atoms with Gasteiger partial charge in [-0.15, -0.1) is 0 Å². The molecule has 2 aromatic carbocycles. The van der Waals surface area contributed by atoms with Crippen LogP contribution in [0.5, 0.6) is 5.75 Å². The molecule has 0 bridgehead atoms. The maximum absolute atomic E-state index is 12.6. The van der Waals surface area contributed by atoms with Gasteiger partial charge in [-0.25, -0.2) is 0 Å². The third-order valence-corrected chi connectivity index (χ3v) is 4.05. The van der Waals surface area contributed by atoms with Crippen molar-refractivity contribution in [3.05, 3.63) is 53.1 Å². The van der Waals surface area contributed by atoms with E-state index in [4.69, 9.17) is 21.6 Å². The van der Waals surface area contributed by atoms with E-state index in [9.17, 15) is 9.59 Å². The Bertz CT molecular complexity index is 871. The van der Waals surface area contributed by atoms with Gasteiger partial charge in [-0.3, -0.25) is 9.59 Å². The summed E-state index contributed by atoms with van der Waals surface area (Å²) in [5, 5.41) is 14.6. The molecule has 134 valence electrons. The van der Waals surface area contributed by atoms with E-state index in [0.717, 1.165) is 0 Å². The molecule has 0 heterocycles. The van der Waals surface area contributed by atoms with Crippen LogP contribution >= 0.6 is 11.6 Å². The molecule has 0 aromatic heterocycles. The number of methoxy groups -OCH3 is 1. The Hall–Kier alpha value is -3.04. The molecule has 0 saturated heterocycles. The molecule has 0 atom stereocenters. The predicted octanol–water partition coefficient (Wildman–Crippen LogP) is 3.82. The molecule has 0 radical (unpaired) electrons. The SMILES string of the molecule is COc1ccc(Cl)cc1NC(=O)C(C)(C)C(=O)Nc1ccc(C#N)cc1. The lowest BCUT2D eigenvalue weighted by Crippen LogP contribution is -2.41. The summed E-state index contributed by atoms with van der Waals surface area (Å²) in [7, 11) is 1.47. The van der Waals surface area contributed by atoms with E-state index < -0.39 is 17.2 Å². The first-order valence-corrected chi connectivity index (χ1v) is 8.12. The van der Waals surface area contributed by atoms with Gasteiger partial charge in [0.05, 0.1) is 24.4 Å². The number of anilines is 2. The van der Waals surface area contributed by atoms with Gasteiger partial charge in [0.15, 0.2) is 0 Å². The fourth-order valence-corrected chi connectivity index (χ4v) is 2.25. The van der Waals surface area contributed by atoms with Crippen LogP contribution < -0.4 is 15.4 Å². The summed E-state index contributed by atoms with van der Waals surface area (Å²) < 4.78 is 5.19. The number of benzene rings is 2. The van der Waals surface area contributed by atoms with E-state index in [2.05, 4.69) is 10.6 Å². The summed E-state index contributed by atoms with van der Waals surface area (Å²) in [6.45, 7) is 3.02. The van der Waals surface area contributed by atoms with Crippen molar-refractivity contribution in [2.24, 2.45) is 5.41 Å². The van der Waals surface area contributed by atoms with Crippen LogP contribution in [-0.2, 0) is 9.59 Å². The van der Waals surface area contributed by atoms with Crippen LogP contribution in [0.1, 0.15) is 19.4 Å². The van der Waals surface area contributed by atoms with Crippen molar-refractivity contribution in [3.63, 3.8) is 0 Å². The van der Waals surface area contributed by atoms with Crippen molar-refractivity contribution in [1.29, 1.82) is 5.26 Å². The van der Waals surface area contributed by atoms with Crippen molar-refractivity contribution < 1.29 is 14.3 Å². The molecule has 0 saturated carbocycles. The molecule has 6 nitrogen and oxygen atoms in total. The van der Waals surface area contributed by atoms with Crippen LogP contribution in [0.4, 0.5) is 11.4 Å². The Balaban J connectivity index is 2.14. The minimum absolute atomic E-state index is 0.379. The second-order valence-corrected chi connectivity index (χ2v) is 6.50. The minimum Gasteiger partial charge on any atom is -0.495 e. The van der Waals surface area contributed by atoms with Gasteiger partial charge in [-0.1, -0.05) is 11.6 Å². The number of nitrogens with zero attached hydrogens (tertiary/aromatic N) is 1. The third kappa shape index (κ3) is 4.32. The van der Waals surface area contributed by atoms with Gasteiger partial charge in [-0.05, 0) is 56.3 Å². The summed E-state index contributed by atoms with van der Waals surface area (Å²) in [6, 6.07) is 13.2. The van der Waals surface area contributed by atoms with E-state index in [1.165, 1.54) is 21.0 Å². The zero-order valence-corrected chi connectivity index (χ0v) is 15.3. The first-order valence-electron chi connectivity index (χ1n) is 7.74. The third-order valence-electron chi connectivity index (χ3n) is 3.82. The molecular formula is C19H18ClN3O3.